The second-order valence-corrected chi connectivity index (χ2v) is 8.65. The maximum atomic E-state index is 12.4. The van der Waals surface area contributed by atoms with Gasteiger partial charge < -0.3 is 39.4 Å². The van der Waals surface area contributed by atoms with Gasteiger partial charge in [0.1, 0.15) is 6.61 Å². The summed E-state index contributed by atoms with van der Waals surface area (Å²) in [5.74, 6) is 0.327. The van der Waals surface area contributed by atoms with Gasteiger partial charge in [0.2, 0.25) is 0 Å². The average molecular weight is 571 g/mol. The van der Waals surface area contributed by atoms with Crippen LogP contribution in [-0.2, 0) is 14.3 Å². The number of carbonyl (C=O) groups is 3. The number of nitrogens with zero attached hydrogens (tertiary/aromatic N) is 1. The monoisotopic (exact) mass is 570 g/mol. The molecule has 3 rings (SSSR count). The van der Waals surface area contributed by atoms with E-state index in [2.05, 4.69) is 21.2 Å². The van der Waals surface area contributed by atoms with Crippen molar-refractivity contribution in [3.8, 4) is 23.0 Å². The van der Waals surface area contributed by atoms with Gasteiger partial charge in [-0.1, -0.05) is 6.07 Å². The van der Waals surface area contributed by atoms with Crippen LogP contribution in [0.2, 0.25) is 0 Å². The van der Waals surface area contributed by atoms with E-state index in [0.29, 0.717) is 53.0 Å². The van der Waals surface area contributed by atoms with Crippen molar-refractivity contribution < 1.29 is 43.2 Å². The highest BCUT2D eigenvalue weighted by Crippen LogP contribution is 2.35. The lowest BCUT2D eigenvalue weighted by Gasteiger charge is -2.28. The summed E-state index contributed by atoms with van der Waals surface area (Å²) in [7, 11) is 1.27. The first-order valence-corrected chi connectivity index (χ1v) is 12.8. The predicted octanol–water partition coefficient (Wildman–Crippen LogP) is 2.53. The number of methoxy groups -OCH3 is 1. The van der Waals surface area contributed by atoms with Gasteiger partial charge in [-0.2, -0.15) is 5.10 Å². The van der Waals surface area contributed by atoms with Crippen LogP contribution in [0, 0.1) is 0 Å². The number of aliphatic hydroxyl groups is 1. The number of allylic oxidation sites excluding steroid dienone is 1. The summed E-state index contributed by atoms with van der Waals surface area (Å²) in [5.41, 5.74) is 4.42. The zero-order chi connectivity index (χ0) is 29.9. The van der Waals surface area contributed by atoms with E-state index in [4.69, 9.17) is 23.7 Å². The van der Waals surface area contributed by atoms with Crippen LogP contribution in [-0.4, -0.2) is 62.4 Å². The Kier molecular flexibility index (Phi) is 10.9. The maximum absolute atomic E-state index is 12.4. The van der Waals surface area contributed by atoms with E-state index in [9.17, 15) is 19.5 Å². The summed E-state index contributed by atoms with van der Waals surface area (Å²) in [6, 6.07) is 8.65. The summed E-state index contributed by atoms with van der Waals surface area (Å²) in [6.07, 6.45) is 0.290. The van der Waals surface area contributed by atoms with E-state index in [1.54, 1.807) is 50.2 Å². The Morgan fingerprint density at radius 2 is 1.73 bits per heavy atom. The second-order valence-electron chi connectivity index (χ2n) is 8.65. The molecule has 0 saturated heterocycles. The maximum Gasteiger partial charge on any atom is 0.337 e. The van der Waals surface area contributed by atoms with Crippen molar-refractivity contribution >= 4 is 24.2 Å². The standard InChI is InChI=1S/C28H34N4O9/c1-6-38-22-12-18(8-10-21(22)41-17(4)33)14-29-32-24(34)15-40-20-11-9-19(13-23(20)39-7-2)26-25(27(35)37-5)16(3)30-28(36)31-26/h8-14,24,26,32,34H,6-7,15H2,1-5H3,(H2,30,31,36)/b29-14+/t24-,26+/m1/s1. The first-order valence-electron chi connectivity index (χ1n) is 12.8. The molecule has 0 spiro atoms. The zero-order valence-corrected chi connectivity index (χ0v) is 23.5. The number of nitrogens with one attached hydrogen (secondary N) is 3. The van der Waals surface area contributed by atoms with Gasteiger partial charge in [-0.25, -0.2) is 9.59 Å². The molecule has 0 aromatic heterocycles. The van der Waals surface area contributed by atoms with Crippen LogP contribution in [0.1, 0.15) is 44.9 Å². The van der Waals surface area contributed by atoms with Gasteiger partial charge in [0.25, 0.3) is 0 Å². The summed E-state index contributed by atoms with van der Waals surface area (Å²) in [4.78, 5) is 35.8. The lowest BCUT2D eigenvalue weighted by atomic mass is 9.95. The molecular formula is C28H34N4O9. The SMILES string of the molecule is CCOc1cc([C@@H]2NC(=O)NC(C)=C2C(=O)OC)ccc1OC[C@@H](O)N/N=C/c1ccc(OC(C)=O)c(OCC)c1. The number of carbonyl (C=O) groups excluding carboxylic acids is 3. The highest BCUT2D eigenvalue weighted by atomic mass is 16.6. The molecule has 220 valence electrons. The van der Waals surface area contributed by atoms with Gasteiger partial charge in [0, 0.05) is 12.6 Å². The molecule has 2 amide bonds. The first-order chi connectivity index (χ1) is 19.7. The van der Waals surface area contributed by atoms with Gasteiger partial charge in [0.15, 0.2) is 29.2 Å². The Balaban J connectivity index is 1.68. The lowest BCUT2D eigenvalue weighted by Crippen LogP contribution is -2.45. The number of aliphatic hydroxyl groups excluding tert-OH is 1. The largest absolute Gasteiger partial charge is 0.490 e. The first kappa shape index (κ1) is 30.8. The van der Waals surface area contributed by atoms with E-state index in [-0.39, 0.29) is 12.2 Å². The smallest absolute Gasteiger partial charge is 0.337 e. The van der Waals surface area contributed by atoms with Crippen molar-refractivity contribution in [3.05, 3.63) is 58.8 Å². The third-order valence-corrected chi connectivity index (χ3v) is 5.63. The molecule has 1 aliphatic heterocycles. The number of hydrogen-bond acceptors (Lipinski definition) is 11. The van der Waals surface area contributed by atoms with Crippen molar-refractivity contribution in [1.29, 1.82) is 0 Å². The fourth-order valence-corrected chi connectivity index (χ4v) is 3.93. The molecule has 2 aromatic rings. The van der Waals surface area contributed by atoms with Gasteiger partial charge in [-0.05, 0) is 62.2 Å². The third kappa shape index (κ3) is 8.35. The topological polar surface area (TPSA) is 166 Å². The van der Waals surface area contributed by atoms with Crippen molar-refractivity contribution in [2.24, 2.45) is 5.10 Å². The minimum Gasteiger partial charge on any atom is -0.490 e. The normalized spacial score (nSPS) is 15.5. The minimum absolute atomic E-state index is 0.178. The van der Waals surface area contributed by atoms with E-state index in [1.165, 1.54) is 20.2 Å². The molecule has 0 unspecified atom stereocenters. The number of esters is 2. The van der Waals surface area contributed by atoms with E-state index in [0.717, 1.165) is 0 Å². The van der Waals surface area contributed by atoms with E-state index >= 15 is 0 Å². The molecule has 13 heteroatoms. The molecule has 2 aromatic carbocycles. The van der Waals surface area contributed by atoms with Crippen LogP contribution in [0.3, 0.4) is 0 Å². The zero-order valence-electron chi connectivity index (χ0n) is 23.5. The van der Waals surface area contributed by atoms with Crippen LogP contribution in [0.4, 0.5) is 4.79 Å². The van der Waals surface area contributed by atoms with Crippen molar-refractivity contribution in [2.45, 2.75) is 40.0 Å². The molecule has 0 saturated carbocycles. The Bertz CT molecular complexity index is 1330. The second kappa shape index (κ2) is 14.6. The molecule has 0 aliphatic carbocycles. The Labute approximate surface area is 237 Å². The number of rotatable bonds is 13. The Hall–Kier alpha value is -4.78. The molecular weight excluding hydrogens is 536 g/mol. The fourth-order valence-electron chi connectivity index (χ4n) is 3.93. The van der Waals surface area contributed by atoms with Crippen molar-refractivity contribution in [2.75, 3.05) is 26.9 Å². The molecule has 0 fully saturated rings. The number of ether oxygens (including phenoxy) is 5. The van der Waals surface area contributed by atoms with Crippen molar-refractivity contribution in [3.63, 3.8) is 0 Å². The Morgan fingerprint density at radius 3 is 2.39 bits per heavy atom. The lowest BCUT2D eigenvalue weighted by molar-refractivity contribution is -0.136. The average Bonchev–Trinajstić information content (AvgIpc) is 2.93. The fraction of sp³-hybridized carbons (Fsp3) is 0.357. The van der Waals surface area contributed by atoms with Crippen molar-refractivity contribution in [1.82, 2.24) is 16.1 Å². The Morgan fingerprint density at radius 1 is 1.05 bits per heavy atom. The van der Waals surface area contributed by atoms with Crippen LogP contribution < -0.4 is 35.0 Å². The number of amides is 2. The highest BCUT2D eigenvalue weighted by molar-refractivity contribution is 5.95. The summed E-state index contributed by atoms with van der Waals surface area (Å²) in [5, 5.41) is 19.7. The van der Waals surface area contributed by atoms with Gasteiger partial charge in [-0.3, -0.25) is 10.2 Å². The minimum atomic E-state index is -1.17. The van der Waals surface area contributed by atoms with Crippen LogP contribution in [0.15, 0.2) is 52.8 Å². The molecule has 0 bridgehead atoms. The number of hydrogen-bond donors (Lipinski definition) is 4. The molecule has 1 aliphatic rings. The number of hydrazone groups is 1. The molecule has 0 radical (unpaired) electrons. The highest BCUT2D eigenvalue weighted by Gasteiger charge is 2.32. The molecule has 41 heavy (non-hydrogen) atoms. The third-order valence-electron chi connectivity index (χ3n) is 5.63. The quantitative estimate of drug-likeness (QED) is 0.0924. The van der Waals surface area contributed by atoms with Crippen LogP contribution in [0.5, 0.6) is 23.0 Å². The van der Waals surface area contributed by atoms with Gasteiger partial charge >= 0.3 is 18.0 Å². The number of benzene rings is 2. The molecule has 1 heterocycles. The molecule has 2 atom stereocenters. The van der Waals surface area contributed by atoms with E-state index < -0.39 is 30.2 Å². The number of urea groups is 1. The van der Waals surface area contributed by atoms with Crippen LogP contribution in [0.25, 0.3) is 0 Å². The van der Waals surface area contributed by atoms with Crippen LogP contribution >= 0.6 is 0 Å². The van der Waals surface area contributed by atoms with E-state index in [1.807, 2.05) is 6.92 Å². The molecule has 4 N–H and O–H groups in total. The van der Waals surface area contributed by atoms with Gasteiger partial charge in [0.05, 0.1) is 38.2 Å². The summed E-state index contributed by atoms with van der Waals surface area (Å²) < 4.78 is 27.0. The summed E-state index contributed by atoms with van der Waals surface area (Å²) >= 11 is 0. The van der Waals surface area contributed by atoms with Gasteiger partial charge in [-0.15, -0.1) is 0 Å². The molecule has 13 nitrogen and oxygen atoms in total. The predicted molar refractivity (Wildman–Crippen MR) is 148 cm³/mol. The summed E-state index contributed by atoms with van der Waals surface area (Å²) in [6.45, 7) is 7.05.